The second kappa shape index (κ2) is 6.80. The third-order valence-corrected chi connectivity index (χ3v) is 6.30. The molecular formula is C16H29BrN4. The van der Waals surface area contributed by atoms with E-state index in [1.807, 2.05) is 18.7 Å². The highest BCUT2D eigenvalue weighted by molar-refractivity contribution is 9.10. The average molecular weight is 357 g/mol. The number of hydrogen-bond acceptors (Lipinski definition) is 3. The molecule has 21 heavy (non-hydrogen) atoms. The van der Waals surface area contributed by atoms with E-state index in [9.17, 15) is 0 Å². The van der Waals surface area contributed by atoms with Crippen molar-refractivity contribution in [1.82, 2.24) is 14.7 Å². The van der Waals surface area contributed by atoms with Gasteiger partial charge in [0.1, 0.15) is 0 Å². The molecule has 1 aromatic rings. The van der Waals surface area contributed by atoms with Gasteiger partial charge in [0.05, 0.1) is 15.9 Å². The maximum atomic E-state index is 6.67. The summed E-state index contributed by atoms with van der Waals surface area (Å²) in [5.74, 6) is 0. The summed E-state index contributed by atoms with van der Waals surface area (Å²) < 4.78 is 3.07. The minimum Gasteiger partial charge on any atom is -0.326 e. The summed E-state index contributed by atoms with van der Waals surface area (Å²) in [6.45, 7) is 8.99. The van der Waals surface area contributed by atoms with Gasteiger partial charge in [-0.3, -0.25) is 9.58 Å². The number of halogens is 1. The molecule has 0 aliphatic carbocycles. The highest BCUT2D eigenvalue weighted by Crippen LogP contribution is 2.30. The molecule has 0 radical (unpaired) electrons. The Kier molecular flexibility index (Phi) is 5.49. The Labute approximate surface area is 137 Å². The maximum Gasteiger partial charge on any atom is 0.0738 e. The predicted octanol–water partition coefficient (Wildman–Crippen LogP) is 3.02. The van der Waals surface area contributed by atoms with E-state index >= 15 is 0 Å². The van der Waals surface area contributed by atoms with Gasteiger partial charge in [-0.05, 0) is 62.1 Å². The first-order valence-electron chi connectivity index (χ1n) is 8.08. The number of piperidine rings is 1. The summed E-state index contributed by atoms with van der Waals surface area (Å²) in [5, 5.41) is 4.48. The molecule has 1 saturated heterocycles. The molecule has 0 spiro atoms. The number of hydrogen-bond donors (Lipinski definition) is 1. The van der Waals surface area contributed by atoms with E-state index in [4.69, 9.17) is 5.73 Å². The average Bonchev–Trinajstić information content (AvgIpc) is 2.73. The summed E-state index contributed by atoms with van der Waals surface area (Å²) in [4.78, 5) is 2.61. The molecule has 2 N–H and O–H groups in total. The third-order valence-electron chi connectivity index (χ3n) is 5.27. The lowest BCUT2D eigenvalue weighted by Crippen LogP contribution is -2.59. The normalized spacial score (nSPS) is 21.2. The Hall–Kier alpha value is -0.390. The molecule has 2 heterocycles. The maximum absolute atomic E-state index is 6.67. The van der Waals surface area contributed by atoms with Crippen LogP contribution < -0.4 is 5.73 Å². The molecule has 2 unspecified atom stereocenters. The Morgan fingerprint density at radius 2 is 1.95 bits per heavy atom. The van der Waals surface area contributed by atoms with Gasteiger partial charge in [-0.15, -0.1) is 0 Å². The molecule has 0 amide bonds. The number of aryl methyl sites for hydroxylation is 2. The minimum absolute atomic E-state index is 0.0675. The molecule has 1 aliphatic rings. The van der Waals surface area contributed by atoms with Crippen molar-refractivity contribution in [2.45, 2.75) is 64.5 Å². The van der Waals surface area contributed by atoms with Crippen molar-refractivity contribution in [3.05, 3.63) is 15.9 Å². The number of nitrogens with zero attached hydrogens (tertiary/aromatic N) is 3. The molecule has 5 heteroatoms. The lowest BCUT2D eigenvalue weighted by Gasteiger charge is -2.46. The molecule has 2 atom stereocenters. The van der Waals surface area contributed by atoms with Gasteiger partial charge in [0.25, 0.3) is 0 Å². The van der Waals surface area contributed by atoms with E-state index in [2.05, 4.69) is 39.8 Å². The molecule has 2 rings (SSSR count). The molecule has 0 saturated carbocycles. The summed E-state index contributed by atoms with van der Waals surface area (Å²) in [6.07, 6.45) is 5.91. The Morgan fingerprint density at radius 3 is 2.43 bits per heavy atom. The first-order valence-corrected chi connectivity index (χ1v) is 8.88. The van der Waals surface area contributed by atoms with Crippen LogP contribution in [0.15, 0.2) is 4.47 Å². The van der Waals surface area contributed by atoms with Crippen LogP contribution >= 0.6 is 15.9 Å². The lowest BCUT2D eigenvalue weighted by atomic mass is 9.83. The second-order valence-corrected chi connectivity index (χ2v) is 7.33. The molecule has 120 valence electrons. The molecular weight excluding hydrogens is 328 g/mol. The van der Waals surface area contributed by atoms with Crippen LogP contribution in [0.1, 0.15) is 50.9 Å². The Morgan fingerprint density at radius 1 is 1.33 bits per heavy atom. The Bertz CT molecular complexity index is 479. The molecule has 1 aromatic heterocycles. The van der Waals surface area contributed by atoms with Crippen LogP contribution in [0.25, 0.3) is 0 Å². The summed E-state index contributed by atoms with van der Waals surface area (Å²) in [7, 11) is 2.00. The molecule has 0 bridgehead atoms. The number of aromatic nitrogens is 2. The standard InChI is InChI=1S/C16H29BrN4/c1-5-16(3,21-9-7-6-8-10-21)14(18)11-13-15(17)12(2)19-20(13)4/h14H,5-11,18H2,1-4H3. The monoisotopic (exact) mass is 356 g/mol. The van der Waals surface area contributed by atoms with Crippen LogP contribution in [0.3, 0.4) is 0 Å². The van der Waals surface area contributed by atoms with Crippen molar-refractivity contribution < 1.29 is 0 Å². The van der Waals surface area contributed by atoms with Crippen molar-refractivity contribution in [2.75, 3.05) is 13.1 Å². The lowest BCUT2D eigenvalue weighted by molar-refractivity contribution is 0.0541. The highest BCUT2D eigenvalue weighted by atomic mass is 79.9. The topological polar surface area (TPSA) is 47.1 Å². The van der Waals surface area contributed by atoms with E-state index in [0.29, 0.717) is 0 Å². The van der Waals surface area contributed by atoms with E-state index < -0.39 is 0 Å². The van der Waals surface area contributed by atoms with Gasteiger partial charge in [0.2, 0.25) is 0 Å². The zero-order chi connectivity index (χ0) is 15.6. The summed E-state index contributed by atoms with van der Waals surface area (Å²) >= 11 is 3.66. The first-order chi connectivity index (χ1) is 9.90. The van der Waals surface area contributed by atoms with Crippen LogP contribution in [0, 0.1) is 6.92 Å². The van der Waals surface area contributed by atoms with Crippen molar-refractivity contribution in [2.24, 2.45) is 12.8 Å². The largest absolute Gasteiger partial charge is 0.326 e. The number of rotatable bonds is 5. The van der Waals surface area contributed by atoms with E-state index in [1.54, 1.807) is 0 Å². The van der Waals surface area contributed by atoms with Crippen LogP contribution in [0.5, 0.6) is 0 Å². The van der Waals surface area contributed by atoms with Crippen LogP contribution in [0.2, 0.25) is 0 Å². The van der Waals surface area contributed by atoms with Gasteiger partial charge >= 0.3 is 0 Å². The molecule has 0 aromatic carbocycles. The van der Waals surface area contributed by atoms with Gasteiger partial charge in [0, 0.05) is 25.0 Å². The predicted molar refractivity (Wildman–Crippen MR) is 91.4 cm³/mol. The van der Waals surface area contributed by atoms with Gasteiger partial charge in [-0.2, -0.15) is 5.10 Å². The third kappa shape index (κ3) is 3.35. The summed E-state index contributed by atoms with van der Waals surface area (Å²) in [5.41, 5.74) is 8.98. The fourth-order valence-corrected chi connectivity index (χ4v) is 3.95. The van der Waals surface area contributed by atoms with Gasteiger partial charge in [0.15, 0.2) is 0 Å². The fourth-order valence-electron chi connectivity index (χ4n) is 3.46. The van der Waals surface area contributed by atoms with Crippen LogP contribution in [-0.4, -0.2) is 39.4 Å². The van der Waals surface area contributed by atoms with Crippen LogP contribution in [0.4, 0.5) is 0 Å². The van der Waals surface area contributed by atoms with E-state index in [0.717, 1.165) is 23.0 Å². The van der Waals surface area contributed by atoms with Gasteiger partial charge < -0.3 is 5.73 Å². The van der Waals surface area contributed by atoms with Crippen LogP contribution in [-0.2, 0) is 13.5 Å². The summed E-state index contributed by atoms with van der Waals surface area (Å²) in [6, 6.07) is 0.117. The second-order valence-electron chi connectivity index (χ2n) is 6.54. The van der Waals surface area contributed by atoms with Crippen molar-refractivity contribution in [3.8, 4) is 0 Å². The number of nitrogens with two attached hydrogens (primary N) is 1. The molecule has 1 fully saturated rings. The Balaban J connectivity index is 2.17. The SMILES string of the molecule is CCC(C)(C(N)Cc1c(Br)c(C)nn1C)N1CCCCC1. The fraction of sp³-hybridized carbons (Fsp3) is 0.812. The van der Waals surface area contributed by atoms with Gasteiger partial charge in [-0.1, -0.05) is 13.3 Å². The molecule has 4 nitrogen and oxygen atoms in total. The van der Waals surface area contributed by atoms with E-state index in [1.165, 1.54) is 38.0 Å². The quantitative estimate of drug-likeness (QED) is 0.881. The smallest absolute Gasteiger partial charge is 0.0738 e. The zero-order valence-electron chi connectivity index (χ0n) is 13.8. The van der Waals surface area contributed by atoms with Gasteiger partial charge in [-0.25, -0.2) is 0 Å². The minimum atomic E-state index is 0.0675. The number of likely N-dealkylation sites (tertiary alicyclic amines) is 1. The van der Waals surface area contributed by atoms with E-state index in [-0.39, 0.29) is 11.6 Å². The highest BCUT2D eigenvalue weighted by Gasteiger charge is 2.37. The van der Waals surface area contributed by atoms with Crippen molar-refractivity contribution in [1.29, 1.82) is 0 Å². The molecule has 1 aliphatic heterocycles. The first kappa shape index (κ1) is 17.0. The van der Waals surface area contributed by atoms with Crippen molar-refractivity contribution in [3.63, 3.8) is 0 Å². The van der Waals surface area contributed by atoms with Crippen molar-refractivity contribution >= 4 is 15.9 Å². The zero-order valence-corrected chi connectivity index (χ0v) is 15.4.